The first kappa shape index (κ1) is 18.5. The SMILES string of the molecule is CC(C)(C)OC(=O)N(CCN)C(=O)Nc1cc(-c2ccccc2)on1. The summed E-state index contributed by atoms with van der Waals surface area (Å²) in [5, 5.41) is 6.30. The lowest BCUT2D eigenvalue weighted by Gasteiger charge is -2.25. The number of urea groups is 1. The minimum absolute atomic E-state index is 0.0180. The number of ether oxygens (including phenoxy) is 1. The van der Waals surface area contributed by atoms with Crippen molar-refractivity contribution in [2.75, 3.05) is 18.4 Å². The van der Waals surface area contributed by atoms with Gasteiger partial charge >= 0.3 is 12.1 Å². The van der Waals surface area contributed by atoms with E-state index in [1.165, 1.54) is 0 Å². The monoisotopic (exact) mass is 346 g/mol. The fourth-order valence-electron chi connectivity index (χ4n) is 1.97. The van der Waals surface area contributed by atoms with Crippen LogP contribution in [0.1, 0.15) is 20.8 Å². The van der Waals surface area contributed by atoms with Crippen molar-refractivity contribution in [1.82, 2.24) is 10.1 Å². The first-order valence-corrected chi connectivity index (χ1v) is 7.84. The second-order valence-corrected chi connectivity index (χ2v) is 6.29. The van der Waals surface area contributed by atoms with Crippen LogP contribution < -0.4 is 11.1 Å². The second kappa shape index (κ2) is 7.80. The quantitative estimate of drug-likeness (QED) is 0.880. The highest BCUT2D eigenvalue weighted by Crippen LogP contribution is 2.22. The van der Waals surface area contributed by atoms with Crippen LogP contribution >= 0.6 is 0 Å². The van der Waals surface area contributed by atoms with Crippen LogP contribution in [-0.4, -0.2) is 40.9 Å². The normalized spacial score (nSPS) is 11.0. The first-order chi connectivity index (χ1) is 11.8. The number of hydrogen-bond donors (Lipinski definition) is 2. The molecule has 134 valence electrons. The van der Waals surface area contributed by atoms with Gasteiger partial charge in [0.25, 0.3) is 0 Å². The van der Waals surface area contributed by atoms with Crippen LogP contribution in [-0.2, 0) is 4.74 Å². The van der Waals surface area contributed by atoms with E-state index in [4.69, 9.17) is 15.0 Å². The molecule has 0 aliphatic rings. The van der Waals surface area contributed by atoms with Crippen LogP contribution in [0.25, 0.3) is 11.3 Å². The maximum absolute atomic E-state index is 12.4. The van der Waals surface area contributed by atoms with E-state index in [0.29, 0.717) is 5.76 Å². The molecule has 0 unspecified atom stereocenters. The number of imide groups is 1. The molecule has 25 heavy (non-hydrogen) atoms. The molecular formula is C17H22N4O4. The molecule has 3 N–H and O–H groups in total. The van der Waals surface area contributed by atoms with Gasteiger partial charge in [-0.2, -0.15) is 0 Å². The van der Waals surface area contributed by atoms with Gasteiger partial charge in [0.1, 0.15) is 5.60 Å². The van der Waals surface area contributed by atoms with Crippen molar-refractivity contribution < 1.29 is 18.8 Å². The smallest absolute Gasteiger partial charge is 0.418 e. The largest absolute Gasteiger partial charge is 0.443 e. The lowest BCUT2D eigenvalue weighted by Crippen LogP contribution is -2.45. The molecule has 2 aromatic rings. The van der Waals surface area contributed by atoms with E-state index in [0.717, 1.165) is 10.5 Å². The summed E-state index contributed by atoms with van der Waals surface area (Å²) < 4.78 is 10.4. The Kier molecular flexibility index (Phi) is 5.76. The number of amides is 3. The molecule has 1 aromatic carbocycles. The molecule has 0 aliphatic heterocycles. The van der Waals surface area contributed by atoms with Gasteiger partial charge in [-0.25, -0.2) is 14.5 Å². The summed E-state index contributed by atoms with van der Waals surface area (Å²) in [6.45, 7) is 5.28. The molecule has 3 amide bonds. The Bertz CT molecular complexity index is 722. The average molecular weight is 346 g/mol. The fraction of sp³-hybridized carbons (Fsp3) is 0.353. The van der Waals surface area contributed by atoms with E-state index in [-0.39, 0.29) is 18.9 Å². The first-order valence-electron chi connectivity index (χ1n) is 7.84. The number of nitrogens with one attached hydrogen (secondary N) is 1. The van der Waals surface area contributed by atoms with Gasteiger partial charge in [-0.15, -0.1) is 0 Å². The Balaban J connectivity index is 2.08. The van der Waals surface area contributed by atoms with Gasteiger partial charge < -0.3 is 15.0 Å². The highest BCUT2D eigenvalue weighted by molar-refractivity contribution is 5.98. The van der Waals surface area contributed by atoms with Crippen molar-refractivity contribution in [3.63, 3.8) is 0 Å². The van der Waals surface area contributed by atoms with Gasteiger partial charge in [-0.3, -0.25) is 5.32 Å². The number of carbonyl (C=O) groups is 2. The van der Waals surface area contributed by atoms with Crippen LogP contribution in [0.3, 0.4) is 0 Å². The maximum Gasteiger partial charge on any atom is 0.418 e. The van der Waals surface area contributed by atoms with Gasteiger partial charge in [0.2, 0.25) is 0 Å². The predicted octanol–water partition coefficient (Wildman–Crippen LogP) is 3.07. The highest BCUT2D eigenvalue weighted by atomic mass is 16.6. The molecule has 0 fully saturated rings. The number of nitrogens with zero attached hydrogens (tertiary/aromatic N) is 2. The van der Waals surface area contributed by atoms with Gasteiger partial charge in [-0.1, -0.05) is 35.5 Å². The zero-order chi connectivity index (χ0) is 18.4. The second-order valence-electron chi connectivity index (χ2n) is 6.29. The standard InChI is InChI=1S/C17H22N4O4/c1-17(2,3)24-16(23)21(10-9-18)15(22)19-14-11-13(25-20-14)12-7-5-4-6-8-12/h4-8,11H,9-10,18H2,1-3H3,(H,19,20,22). The Morgan fingerprint density at radius 2 is 1.96 bits per heavy atom. The van der Waals surface area contributed by atoms with Crippen molar-refractivity contribution in [3.8, 4) is 11.3 Å². The summed E-state index contributed by atoms with van der Waals surface area (Å²) >= 11 is 0. The average Bonchev–Trinajstić information content (AvgIpc) is 3.00. The van der Waals surface area contributed by atoms with E-state index in [1.807, 2.05) is 30.3 Å². The highest BCUT2D eigenvalue weighted by Gasteiger charge is 2.27. The number of nitrogens with two attached hydrogens (primary N) is 1. The molecule has 8 heteroatoms. The summed E-state index contributed by atoms with van der Waals surface area (Å²) in [7, 11) is 0. The van der Waals surface area contributed by atoms with E-state index in [2.05, 4.69) is 10.5 Å². The molecule has 8 nitrogen and oxygen atoms in total. The zero-order valence-electron chi connectivity index (χ0n) is 14.5. The molecule has 0 saturated heterocycles. The summed E-state index contributed by atoms with van der Waals surface area (Å²) in [5.41, 5.74) is 5.58. The number of anilines is 1. The van der Waals surface area contributed by atoms with Crippen molar-refractivity contribution in [2.24, 2.45) is 5.73 Å². The molecular weight excluding hydrogens is 324 g/mol. The Morgan fingerprint density at radius 3 is 2.56 bits per heavy atom. The minimum Gasteiger partial charge on any atom is -0.443 e. The number of aromatic nitrogens is 1. The Labute approximate surface area is 145 Å². The van der Waals surface area contributed by atoms with Crippen LogP contribution in [0.2, 0.25) is 0 Å². The fourth-order valence-corrected chi connectivity index (χ4v) is 1.97. The van der Waals surface area contributed by atoms with Crippen LogP contribution in [0.15, 0.2) is 40.9 Å². The van der Waals surface area contributed by atoms with E-state index in [9.17, 15) is 9.59 Å². The minimum atomic E-state index is -0.776. The van der Waals surface area contributed by atoms with E-state index < -0.39 is 17.7 Å². The summed E-state index contributed by atoms with van der Waals surface area (Å²) in [6, 6.07) is 10.2. The predicted molar refractivity (Wildman–Crippen MR) is 93.0 cm³/mol. The van der Waals surface area contributed by atoms with Gasteiger partial charge in [0.15, 0.2) is 11.6 Å². The Morgan fingerprint density at radius 1 is 1.28 bits per heavy atom. The van der Waals surface area contributed by atoms with Crippen LogP contribution in [0, 0.1) is 0 Å². The third kappa shape index (κ3) is 5.32. The zero-order valence-corrected chi connectivity index (χ0v) is 14.5. The van der Waals surface area contributed by atoms with E-state index >= 15 is 0 Å². The molecule has 0 aliphatic carbocycles. The topological polar surface area (TPSA) is 111 Å². The molecule has 0 bridgehead atoms. The third-order valence-electron chi connectivity index (χ3n) is 3.02. The van der Waals surface area contributed by atoms with Crippen LogP contribution in [0.4, 0.5) is 15.4 Å². The molecule has 0 radical (unpaired) electrons. The van der Waals surface area contributed by atoms with E-state index in [1.54, 1.807) is 26.8 Å². The molecule has 1 heterocycles. The number of rotatable bonds is 4. The lowest BCUT2D eigenvalue weighted by atomic mass is 10.2. The van der Waals surface area contributed by atoms with Crippen LogP contribution in [0.5, 0.6) is 0 Å². The number of benzene rings is 1. The summed E-state index contributed by atoms with van der Waals surface area (Å²) in [5.74, 6) is 0.688. The lowest BCUT2D eigenvalue weighted by molar-refractivity contribution is 0.0336. The third-order valence-corrected chi connectivity index (χ3v) is 3.02. The van der Waals surface area contributed by atoms with Gasteiger partial charge in [0.05, 0.1) is 0 Å². The molecule has 0 saturated carbocycles. The summed E-state index contributed by atoms with van der Waals surface area (Å²) in [4.78, 5) is 25.4. The van der Waals surface area contributed by atoms with Gasteiger partial charge in [0, 0.05) is 24.7 Å². The number of hydrogen-bond acceptors (Lipinski definition) is 6. The molecule has 0 atom stereocenters. The summed E-state index contributed by atoms with van der Waals surface area (Å²) in [6.07, 6.45) is -0.776. The molecule has 1 aromatic heterocycles. The Hall–Kier alpha value is -2.87. The molecule has 2 rings (SSSR count). The van der Waals surface area contributed by atoms with Crippen molar-refractivity contribution >= 4 is 17.9 Å². The maximum atomic E-state index is 12.4. The van der Waals surface area contributed by atoms with Crippen molar-refractivity contribution in [2.45, 2.75) is 26.4 Å². The number of carbonyl (C=O) groups excluding carboxylic acids is 2. The van der Waals surface area contributed by atoms with Crippen molar-refractivity contribution in [1.29, 1.82) is 0 Å². The van der Waals surface area contributed by atoms with Gasteiger partial charge in [-0.05, 0) is 20.8 Å². The van der Waals surface area contributed by atoms with Crippen molar-refractivity contribution in [3.05, 3.63) is 36.4 Å². The molecule has 0 spiro atoms.